The summed E-state index contributed by atoms with van der Waals surface area (Å²) in [7, 11) is 0. The number of fused-ring (bicyclic) bond motifs is 1. The van der Waals surface area contributed by atoms with Crippen molar-refractivity contribution in [2.45, 2.75) is 47.6 Å². The molecule has 31 heavy (non-hydrogen) atoms. The fraction of sp³-hybridized carbons (Fsp3) is 0.391. The van der Waals surface area contributed by atoms with Crippen molar-refractivity contribution in [2.24, 2.45) is 5.92 Å². The van der Waals surface area contributed by atoms with Crippen LogP contribution < -0.4 is 10.9 Å². The molecule has 1 unspecified atom stereocenters. The average molecular weight is 442 g/mol. The van der Waals surface area contributed by atoms with E-state index in [-0.39, 0.29) is 17.4 Å². The number of aromatic nitrogens is 2. The molecule has 0 aliphatic heterocycles. The lowest BCUT2D eigenvalue weighted by Gasteiger charge is -2.16. The Morgan fingerprint density at radius 2 is 1.90 bits per heavy atom. The summed E-state index contributed by atoms with van der Waals surface area (Å²) in [6, 6.07) is 5.02. The monoisotopic (exact) mass is 441 g/mol. The first-order valence-corrected chi connectivity index (χ1v) is 11.0. The van der Waals surface area contributed by atoms with Gasteiger partial charge < -0.3 is 10.1 Å². The number of nitrogens with zero attached hydrogens (tertiary/aromatic N) is 2. The Hall–Kier alpha value is -3.00. The second kappa shape index (κ2) is 9.01. The number of aryl methyl sites for hydroxylation is 3. The van der Waals surface area contributed by atoms with Gasteiger partial charge in [-0.25, -0.2) is 9.78 Å². The number of amides is 1. The van der Waals surface area contributed by atoms with Crippen LogP contribution in [0.25, 0.3) is 10.2 Å². The van der Waals surface area contributed by atoms with E-state index in [4.69, 9.17) is 4.74 Å². The third-order valence-corrected chi connectivity index (χ3v) is 6.24. The highest BCUT2D eigenvalue weighted by Crippen LogP contribution is 2.28. The molecule has 1 aromatic carbocycles. The molecule has 1 amide bonds. The first kappa shape index (κ1) is 22.7. The van der Waals surface area contributed by atoms with Crippen molar-refractivity contribution >= 4 is 39.1 Å². The van der Waals surface area contributed by atoms with E-state index in [1.54, 1.807) is 13.8 Å². The van der Waals surface area contributed by atoms with Crippen molar-refractivity contribution in [3.05, 3.63) is 56.4 Å². The summed E-state index contributed by atoms with van der Waals surface area (Å²) in [5.74, 6) is -0.562. The van der Waals surface area contributed by atoms with Crippen LogP contribution in [0.15, 0.2) is 29.3 Å². The quantitative estimate of drug-likeness (QED) is 0.573. The Balaban J connectivity index is 1.92. The molecule has 1 atom stereocenters. The van der Waals surface area contributed by atoms with Crippen LogP contribution in [-0.2, 0) is 9.53 Å². The second-order valence-electron chi connectivity index (χ2n) is 8.17. The lowest BCUT2D eigenvalue weighted by atomic mass is 10.1. The van der Waals surface area contributed by atoms with E-state index in [0.29, 0.717) is 33.0 Å². The molecule has 2 aromatic heterocycles. The van der Waals surface area contributed by atoms with Crippen molar-refractivity contribution in [3.63, 3.8) is 0 Å². The van der Waals surface area contributed by atoms with E-state index in [1.807, 2.05) is 45.9 Å². The third-order valence-electron chi connectivity index (χ3n) is 5.06. The summed E-state index contributed by atoms with van der Waals surface area (Å²) >= 11 is 1.13. The van der Waals surface area contributed by atoms with Gasteiger partial charge in [-0.15, -0.1) is 11.3 Å². The van der Waals surface area contributed by atoms with E-state index in [1.165, 1.54) is 10.9 Å². The number of nitrogens with one attached hydrogen (secondary N) is 1. The van der Waals surface area contributed by atoms with Crippen molar-refractivity contribution in [2.75, 3.05) is 11.9 Å². The summed E-state index contributed by atoms with van der Waals surface area (Å²) < 4.78 is 6.61. The average Bonchev–Trinajstić information content (AvgIpc) is 3.06. The number of anilines is 1. The first-order chi connectivity index (χ1) is 14.6. The van der Waals surface area contributed by atoms with Gasteiger partial charge in [-0.3, -0.25) is 14.2 Å². The van der Waals surface area contributed by atoms with Crippen molar-refractivity contribution < 1.29 is 14.3 Å². The molecule has 0 radical (unpaired) electrons. The molecule has 0 aliphatic carbocycles. The highest BCUT2D eigenvalue weighted by atomic mass is 32.1. The predicted octanol–water partition coefficient (Wildman–Crippen LogP) is 4.40. The fourth-order valence-corrected chi connectivity index (χ4v) is 4.18. The normalized spacial score (nSPS) is 12.2. The number of ether oxygens (including phenoxy) is 1. The smallest absolute Gasteiger partial charge is 0.348 e. The maximum Gasteiger partial charge on any atom is 0.348 e. The number of carbonyl (C=O) groups is 2. The Labute approximate surface area is 185 Å². The molecular weight excluding hydrogens is 414 g/mol. The molecular formula is C23H27N3O4S. The SMILES string of the molecule is Cc1ccc(C)c(NC(=O)C(C)n2cnc3sc(C(=O)OCC(C)C)c(C)c3c2=O)c1. The van der Waals surface area contributed by atoms with E-state index in [9.17, 15) is 14.4 Å². The zero-order valence-electron chi connectivity index (χ0n) is 18.6. The van der Waals surface area contributed by atoms with Gasteiger partial charge in [0, 0.05) is 5.69 Å². The van der Waals surface area contributed by atoms with Crippen LogP contribution >= 0.6 is 11.3 Å². The molecule has 0 spiro atoms. The summed E-state index contributed by atoms with van der Waals surface area (Å²) in [6.45, 7) is 11.4. The Bertz CT molecular complexity index is 1210. The lowest BCUT2D eigenvalue weighted by Crippen LogP contribution is -2.32. The summed E-state index contributed by atoms with van der Waals surface area (Å²) in [4.78, 5) is 43.6. The van der Waals surface area contributed by atoms with E-state index < -0.39 is 12.0 Å². The second-order valence-corrected chi connectivity index (χ2v) is 9.17. The van der Waals surface area contributed by atoms with Gasteiger partial charge in [0.25, 0.3) is 5.56 Å². The van der Waals surface area contributed by atoms with Crippen LogP contribution in [0.3, 0.4) is 0 Å². The number of thiophene rings is 1. The van der Waals surface area contributed by atoms with Crippen LogP contribution in [-0.4, -0.2) is 28.0 Å². The number of benzene rings is 1. The van der Waals surface area contributed by atoms with Crippen LogP contribution in [0.4, 0.5) is 5.69 Å². The Morgan fingerprint density at radius 3 is 2.58 bits per heavy atom. The largest absolute Gasteiger partial charge is 0.461 e. The minimum atomic E-state index is -0.778. The summed E-state index contributed by atoms with van der Waals surface area (Å²) in [5.41, 5.74) is 2.85. The molecule has 0 saturated heterocycles. The third kappa shape index (κ3) is 4.69. The van der Waals surface area contributed by atoms with Crippen molar-refractivity contribution in [1.29, 1.82) is 0 Å². The Kier molecular flexibility index (Phi) is 6.59. The lowest BCUT2D eigenvalue weighted by molar-refractivity contribution is -0.118. The minimum absolute atomic E-state index is 0.213. The van der Waals surface area contributed by atoms with Gasteiger partial charge in [0.2, 0.25) is 5.91 Å². The van der Waals surface area contributed by atoms with Gasteiger partial charge in [0.05, 0.1) is 18.3 Å². The highest BCUT2D eigenvalue weighted by molar-refractivity contribution is 7.20. The molecule has 7 nitrogen and oxygen atoms in total. The molecule has 2 heterocycles. The van der Waals surface area contributed by atoms with Crippen LogP contribution in [0.2, 0.25) is 0 Å². The van der Waals surface area contributed by atoms with Crippen molar-refractivity contribution in [3.8, 4) is 0 Å². The number of hydrogen-bond donors (Lipinski definition) is 1. The summed E-state index contributed by atoms with van der Waals surface area (Å²) in [6.07, 6.45) is 1.36. The topological polar surface area (TPSA) is 90.3 Å². The van der Waals surface area contributed by atoms with E-state index in [2.05, 4.69) is 10.3 Å². The zero-order chi connectivity index (χ0) is 22.9. The van der Waals surface area contributed by atoms with Gasteiger partial charge in [0.15, 0.2) is 0 Å². The van der Waals surface area contributed by atoms with E-state index >= 15 is 0 Å². The highest BCUT2D eigenvalue weighted by Gasteiger charge is 2.24. The molecule has 0 saturated carbocycles. The van der Waals surface area contributed by atoms with Crippen molar-refractivity contribution in [1.82, 2.24) is 9.55 Å². The fourth-order valence-electron chi connectivity index (χ4n) is 3.15. The number of rotatable bonds is 6. The molecule has 8 heteroatoms. The van der Waals surface area contributed by atoms with Crippen LogP contribution in [0.1, 0.15) is 53.2 Å². The maximum atomic E-state index is 13.2. The molecule has 0 bridgehead atoms. The van der Waals surface area contributed by atoms with Gasteiger partial charge >= 0.3 is 5.97 Å². The molecule has 0 fully saturated rings. The van der Waals surface area contributed by atoms with E-state index in [0.717, 1.165) is 22.5 Å². The number of hydrogen-bond acceptors (Lipinski definition) is 6. The molecule has 3 aromatic rings. The molecule has 0 aliphatic rings. The van der Waals surface area contributed by atoms with Gasteiger partial charge in [-0.1, -0.05) is 26.0 Å². The standard InChI is InChI=1S/C23H27N3O4S/c1-12(2)10-30-23(29)19-15(5)18-21(31-19)24-11-26(22(18)28)16(6)20(27)25-17-9-13(3)7-8-14(17)4/h7-9,11-12,16H,10H2,1-6H3,(H,25,27). The maximum absolute atomic E-state index is 13.2. The summed E-state index contributed by atoms with van der Waals surface area (Å²) in [5, 5.41) is 3.23. The molecule has 3 rings (SSSR count). The first-order valence-electron chi connectivity index (χ1n) is 10.2. The van der Waals surface area contributed by atoms with Gasteiger partial charge in [-0.2, -0.15) is 0 Å². The zero-order valence-corrected chi connectivity index (χ0v) is 19.4. The Morgan fingerprint density at radius 1 is 1.19 bits per heavy atom. The van der Waals surface area contributed by atoms with Crippen LogP contribution in [0.5, 0.6) is 0 Å². The predicted molar refractivity (Wildman–Crippen MR) is 123 cm³/mol. The van der Waals surface area contributed by atoms with Gasteiger partial charge in [0.1, 0.15) is 15.7 Å². The van der Waals surface area contributed by atoms with Crippen LogP contribution in [0, 0.1) is 26.7 Å². The minimum Gasteiger partial charge on any atom is -0.461 e. The molecule has 164 valence electrons. The van der Waals surface area contributed by atoms with Gasteiger partial charge in [-0.05, 0) is 56.4 Å². The number of carbonyl (C=O) groups excluding carboxylic acids is 2. The molecule has 1 N–H and O–H groups in total. The number of esters is 1.